The van der Waals surface area contributed by atoms with E-state index in [0.29, 0.717) is 0 Å². The number of nitrogens with two attached hydrogens (primary N) is 1. The molecule has 1 aromatic heterocycles. The van der Waals surface area contributed by atoms with Crippen LogP contribution < -0.4 is 5.73 Å². The molecule has 2 N–H and O–H groups in total. The lowest BCUT2D eigenvalue weighted by atomic mass is 9.91. The molecule has 1 aromatic rings. The minimum atomic E-state index is -0.373. The number of rotatable bonds is 6. The maximum atomic E-state index is 12.5. The van der Waals surface area contributed by atoms with Crippen molar-refractivity contribution >= 4 is 17.2 Å². The molecule has 1 aliphatic rings. The Morgan fingerprint density at radius 3 is 2.90 bits per heavy atom. The molecule has 2 rings (SSSR count). The van der Waals surface area contributed by atoms with Gasteiger partial charge in [-0.2, -0.15) is 0 Å². The van der Waals surface area contributed by atoms with E-state index in [0.717, 1.165) is 45.6 Å². The molecule has 1 saturated heterocycles. The summed E-state index contributed by atoms with van der Waals surface area (Å²) in [6.07, 6.45) is 2.71. The Balaban J connectivity index is 1.86. The molecule has 4 nitrogen and oxygen atoms in total. The van der Waals surface area contributed by atoms with Crippen LogP contribution in [0.5, 0.6) is 0 Å². The minimum Gasteiger partial charge on any atom is -0.381 e. The highest BCUT2D eigenvalue weighted by atomic mass is 32.1. The minimum absolute atomic E-state index is 0.0935. The normalized spacial score (nSPS) is 17.9. The van der Waals surface area contributed by atoms with Crippen molar-refractivity contribution in [2.24, 2.45) is 11.7 Å². The second-order valence-electron chi connectivity index (χ2n) is 5.22. The third kappa shape index (κ3) is 4.04. The maximum absolute atomic E-state index is 12.5. The van der Waals surface area contributed by atoms with Gasteiger partial charge in [0.05, 0.1) is 6.04 Å². The number of carbonyl (C=O) groups is 1. The molecule has 0 saturated carbocycles. The van der Waals surface area contributed by atoms with Gasteiger partial charge >= 0.3 is 0 Å². The molecule has 2 heterocycles. The Bertz CT molecular complexity index is 402. The zero-order valence-corrected chi connectivity index (χ0v) is 12.9. The van der Waals surface area contributed by atoms with Crippen molar-refractivity contribution in [1.29, 1.82) is 0 Å². The molecule has 1 unspecified atom stereocenters. The van der Waals surface area contributed by atoms with Gasteiger partial charge in [-0.05, 0) is 43.6 Å². The number of carbonyl (C=O) groups excluding carboxylic acids is 1. The predicted octanol–water partition coefficient (Wildman–Crippen LogP) is 1.89. The number of likely N-dealkylation sites (N-methyl/N-ethyl adjacent to an activating group) is 1. The molecule has 1 aliphatic heterocycles. The van der Waals surface area contributed by atoms with Crippen LogP contribution in [0.3, 0.4) is 0 Å². The molecular weight excluding hydrogens is 272 g/mol. The van der Waals surface area contributed by atoms with Crippen LogP contribution in [0.1, 0.15) is 24.6 Å². The van der Waals surface area contributed by atoms with E-state index in [-0.39, 0.29) is 17.9 Å². The molecule has 20 heavy (non-hydrogen) atoms. The molecule has 5 heteroatoms. The highest BCUT2D eigenvalue weighted by molar-refractivity contribution is 7.09. The van der Waals surface area contributed by atoms with E-state index in [2.05, 4.69) is 11.4 Å². The first-order chi connectivity index (χ1) is 9.72. The predicted molar refractivity (Wildman–Crippen MR) is 81.8 cm³/mol. The summed E-state index contributed by atoms with van der Waals surface area (Å²) in [6.45, 7) is 4.96. The lowest BCUT2D eigenvalue weighted by Crippen LogP contribution is -2.49. The quantitative estimate of drug-likeness (QED) is 0.872. The summed E-state index contributed by atoms with van der Waals surface area (Å²) in [4.78, 5) is 15.7. The third-order valence-electron chi connectivity index (χ3n) is 3.96. The number of nitrogens with zero attached hydrogens (tertiary/aromatic N) is 1. The largest absolute Gasteiger partial charge is 0.381 e. The highest BCUT2D eigenvalue weighted by Gasteiger charge is 2.29. The summed E-state index contributed by atoms with van der Waals surface area (Å²) in [5.74, 6) is 0.364. The van der Waals surface area contributed by atoms with Crippen LogP contribution in [0.4, 0.5) is 0 Å². The standard InChI is InChI=1S/C15H24N2O2S/c1-2-17(8-5-13-4-3-11-20-13)15(18)14(16)12-6-9-19-10-7-12/h3-4,11-12,14H,2,5-10,16H2,1H3. The van der Waals surface area contributed by atoms with Gasteiger partial charge in [-0.15, -0.1) is 11.3 Å². The van der Waals surface area contributed by atoms with E-state index in [1.807, 2.05) is 17.9 Å². The number of ether oxygens (including phenoxy) is 1. The molecule has 1 atom stereocenters. The van der Waals surface area contributed by atoms with Crippen molar-refractivity contribution in [3.8, 4) is 0 Å². The lowest BCUT2D eigenvalue weighted by molar-refractivity contribution is -0.134. The first-order valence-electron chi connectivity index (χ1n) is 7.37. The van der Waals surface area contributed by atoms with Crippen molar-refractivity contribution in [1.82, 2.24) is 4.90 Å². The summed E-state index contributed by atoms with van der Waals surface area (Å²) >= 11 is 1.74. The van der Waals surface area contributed by atoms with E-state index in [1.165, 1.54) is 4.88 Å². The maximum Gasteiger partial charge on any atom is 0.239 e. The highest BCUT2D eigenvalue weighted by Crippen LogP contribution is 2.19. The van der Waals surface area contributed by atoms with Gasteiger partial charge in [-0.1, -0.05) is 6.07 Å². The Morgan fingerprint density at radius 1 is 1.55 bits per heavy atom. The van der Waals surface area contributed by atoms with Gasteiger partial charge in [0.25, 0.3) is 0 Å². The first-order valence-corrected chi connectivity index (χ1v) is 8.24. The summed E-state index contributed by atoms with van der Waals surface area (Å²) in [5, 5.41) is 2.07. The molecule has 0 bridgehead atoms. The number of amides is 1. The van der Waals surface area contributed by atoms with Crippen molar-refractivity contribution in [2.75, 3.05) is 26.3 Å². The molecule has 1 amide bonds. The van der Waals surface area contributed by atoms with Crippen LogP contribution in [0.25, 0.3) is 0 Å². The molecule has 0 aliphatic carbocycles. The lowest BCUT2D eigenvalue weighted by Gasteiger charge is -2.31. The van der Waals surface area contributed by atoms with Gasteiger partial charge < -0.3 is 15.4 Å². The fourth-order valence-electron chi connectivity index (χ4n) is 2.61. The van der Waals surface area contributed by atoms with E-state index in [1.54, 1.807) is 11.3 Å². The van der Waals surface area contributed by atoms with Gasteiger partial charge in [0.1, 0.15) is 0 Å². The van der Waals surface area contributed by atoms with E-state index in [9.17, 15) is 4.79 Å². The van der Waals surface area contributed by atoms with Crippen molar-refractivity contribution < 1.29 is 9.53 Å². The average Bonchev–Trinajstić information content (AvgIpc) is 3.01. The van der Waals surface area contributed by atoms with Crippen molar-refractivity contribution in [2.45, 2.75) is 32.2 Å². The monoisotopic (exact) mass is 296 g/mol. The Morgan fingerprint density at radius 2 is 2.30 bits per heavy atom. The van der Waals surface area contributed by atoms with Crippen LogP contribution in [0, 0.1) is 5.92 Å². The van der Waals surface area contributed by atoms with E-state index in [4.69, 9.17) is 10.5 Å². The molecule has 0 radical (unpaired) electrons. The summed E-state index contributed by atoms with van der Waals surface area (Å²) in [5.41, 5.74) is 6.17. The van der Waals surface area contributed by atoms with Crippen molar-refractivity contribution in [3.63, 3.8) is 0 Å². The van der Waals surface area contributed by atoms with Crippen LogP contribution in [0.2, 0.25) is 0 Å². The SMILES string of the molecule is CCN(CCc1cccs1)C(=O)C(N)C1CCOCC1. The summed E-state index contributed by atoms with van der Waals surface area (Å²) < 4.78 is 5.33. The van der Waals surface area contributed by atoms with E-state index >= 15 is 0 Å². The second-order valence-corrected chi connectivity index (χ2v) is 6.26. The van der Waals surface area contributed by atoms with Crippen molar-refractivity contribution in [3.05, 3.63) is 22.4 Å². The van der Waals surface area contributed by atoms with Crippen LogP contribution in [-0.2, 0) is 16.0 Å². The Labute approximate surface area is 124 Å². The fourth-order valence-corrected chi connectivity index (χ4v) is 3.31. The third-order valence-corrected chi connectivity index (χ3v) is 4.90. The van der Waals surface area contributed by atoms with E-state index < -0.39 is 0 Å². The topological polar surface area (TPSA) is 55.6 Å². The number of hydrogen-bond acceptors (Lipinski definition) is 4. The molecule has 0 spiro atoms. The molecule has 0 aromatic carbocycles. The molecular formula is C15H24N2O2S. The number of hydrogen-bond donors (Lipinski definition) is 1. The second kappa shape index (κ2) is 7.76. The zero-order valence-electron chi connectivity index (χ0n) is 12.1. The Hall–Kier alpha value is -0.910. The fraction of sp³-hybridized carbons (Fsp3) is 0.667. The van der Waals surface area contributed by atoms with Crippen LogP contribution >= 0.6 is 11.3 Å². The zero-order chi connectivity index (χ0) is 14.4. The molecule has 112 valence electrons. The van der Waals surface area contributed by atoms with Gasteiger partial charge in [0.15, 0.2) is 0 Å². The summed E-state index contributed by atoms with van der Waals surface area (Å²) in [7, 11) is 0. The Kier molecular flexibility index (Phi) is 6.01. The van der Waals surface area contributed by atoms with Gasteiger partial charge in [0, 0.05) is 31.2 Å². The van der Waals surface area contributed by atoms with Crippen LogP contribution in [0.15, 0.2) is 17.5 Å². The van der Waals surface area contributed by atoms with Gasteiger partial charge in [-0.25, -0.2) is 0 Å². The molecule has 1 fully saturated rings. The number of thiophene rings is 1. The van der Waals surface area contributed by atoms with Gasteiger partial charge in [0.2, 0.25) is 5.91 Å². The van der Waals surface area contributed by atoms with Gasteiger partial charge in [-0.3, -0.25) is 4.79 Å². The van der Waals surface area contributed by atoms with Crippen LogP contribution in [-0.4, -0.2) is 43.2 Å². The average molecular weight is 296 g/mol. The first kappa shape index (κ1) is 15.5. The summed E-state index contributed by atoms with van der Waals surface area (Å²) in [6, 6.07) is 3.79. The smallest absolute Gasteiger partial charge is 0.239 e.